The van der Waals surface area contributed by atoms with Gasteiger partial charge in [0.15, 0.2) is 0 Å². The number of hydrogen-bond acceptors (Lipinski definition) is 4. The highest BCUT2D eigenvalue weighted by Gasteiger charge is 2.08. The van der Waals surface area contributed by atoms with Crippen molar-refractivity contribution in [1.29, 1.82) is 0 Å². The second kappa shape index (κ2) is 9.60. The van der Waals surface area contributed by atoms with Crippen LogP contribution in [0, 0.1) is 0 Å². The molecule has 21 heavy (non-hydrogen) atoms. The van der Waals surface area contributed by atoms with Crippen molar-refractivity contribution in [2.24, 2.45) is 0 Å². The summed E-state index contributed by atoms with van der Waals surface area (Å²) in [5.74, 6) is -0.0675. The van der Waals surface area contributed by atoms with Crippen LogP contribution in [-0.2, 0) is 4.79 Å². The molecule has 6 heteroatoms. The number of nitrogen functional groups attached to an aromatic ring is 1. The number of rotatable bonds is 9. The van der Waals surface area contributed by atoms with E-state index in [9.17, 15) is 4.79 Å². The van der Waals surface area contributed by atoms with E-state index in [1.165, 1.54) is 0 Å². The number of carbonyl (C=O) groups is 1. The molecule has 0 unspecified atom stereocenters. The van der Waals surface area contributed by atoms with Gasteiger partial charge in [-0.05, 0) is 44.1 Å². The zero-order chi connectivity index (χ0) is 15.7. The van der Waals surface area contributed by atoms with Gasteiger partial charge in [0.25, 0.3) is 0 Å². The highest BCUT2D eigenvalue weighted by molar-refractivity contribution is 6.34. The molecule has 0 aromatic heterocycles. The largest absolute Gasteiger partial charge is 0.399 e. The van der Waals surface area contributed by atoms with Crippen molar-refractivity contribution in [3.63, 3.8) is 0 Å². The Balaban J connectivity index is 2.36. The average molecular weight is 314 g/mol. The number of nitrogens with two attached hydrogens (primary N) is 1. The number of anilines is 2. The van der Waals surface area contributed by atoms with Crippen molar-refractivity contribution >= 4 is 28.9 Å². The van der Waals surface area contributed by atoms with E-state index in [-0.39, 0.29) is 12.5 Å². The van der Waals surface area contributed by atoms with Crippen LogP contribution in [0.25, 0.3) is 0 Å². The smallest absolute Gasteiger partial charge is 0.224 e. The number of nitrogens with one attached hydrogen (secondary N) is 1. The van der Waals surface area contributed by atoms with Gasteiger partial charge in [0.05, 0.1) is 17.3 Å². The van der Waals surface area contributed by atoms with Gasteiger partial charge in [-0.1, -0.05) is 18.5 Å². The highest BCUT2D eigenvalue weighted by Crippen LogP contribution is 2.24. The van der Waals surface area contributed by atoms with Gasteiger partial charge in [-0.15, -0.1) is 0 Å². The molecule has 1 rings (SSSR count). The van der Waals surface area contributed by atoms with Crippen molar-refractivity contribution in [1.82, 2.24) is 4.90 Å². The van der Waals surface area contributed by atoms with Gasteiger partial charge < -0.3 is 21.1 Å². The van der Waals surface area contributed by atoms with Crippen LogP contribution in [0.1, 0.15) is 26.2 Å². The molecule has 118 valence electrons. The van der Waals surface area contributed by atoms with Crippen molar-refractivity contribution in [2.45, 2.75) is 26.2 Å². The summed E-state index contributed by atoms with van der Waals surface area (Å²) in [6.45, 7) is 4.63. The number of benzene rings is 1. The molecule has 0 atom stereocenters. The van der Waals surface area contributed by atoms with Crippen LogP contribution in [-0.4, -0.2) is 42.2 Å². The van der Waals surface area contributed by atoms with Crippen molar-refractivity contribution in [3.05, 3.63) is 23.2 Å². The monoisotopic (exact) mass is 313 g/mol. The maximum absolute atomic E-state index is 11.9. The van der Waals surface area contributed by atoms with Crippen LogP contribution >= 0.6 is 11.6 Å². The van der Waals surface area contributed by atoms with E-state index in [0.717, 1.165) is 25.9 Å². The van der Waals surface area contributed by atoms with E-state index in [2.05, 4.69) is 17.1 Å². The number of aliphatic hydroxyl groups is 1. The summed E-state index contributed by atoms with van der Waals surface area (Å²) >= 11 is 6.01. The first-order chi connectivity index (χ1) is 10.1. The predicted molar refractivity (Wildman–Crippen MR) is 87.5 cm³/mol. The standard InChI is InChI=1S/C15H24ClN3O2/c1-2-7-19(9-10-20)8-3-4-15(21)18-14-6-5-12(17)11-13(14)16/h5-6,11,20H,2-4,7-10,17H2,1H3,(H,18,21). The third-order valence-electron chi connectivity index (χ3n) is 3.10. The van der Waals surface area contributed by atoms with Gasteiger partial charge in [-0.3, -0.25) is 4.79 Å². The minimum atomic E-state index is -0.0675. The number of halogens is 1. The summed E-state index contributed by atoms with van der Waals surface area (Å²) in [5, 5.41) is 12.2. The molecule has 1 aromatic rings. The molecule has 0 aliphatic rings. The fourth-order valence-electron chi connectivity index (χ4n) is 2.10. The van der Waals surface area contributed by atoms with Crippen molar-refractivity contribution in [2.75, 3.05) is 37.3 Å². The molecule has 5 nitrogen and oxygen atoms in total. The van der Waals surface area contributed by atoms with Crippen LogP contribution in [0.2, 0.25) is 5.02 Å². The van der Waals surface area contributed by atoms with Crippen LogP contribution in [0.5, 0.6) is 0 Å². The topological polar surface area (TPSA) is 78.6 Å². The lowest BCUT2D eigenvalue weighted by Crippen LogP contribution is -2.29. The number of carbonyl (C=O) groups excluding carboxylic acids is 1. The molecule has 0 bridgehead atoms. The second-order valence-corrected chi connectivity index (χ2v) is 5.36. The Morgan fingerprint density at radius 2 is 2.14 bits per heavy atom. The van der Waals surface area contributed by atoms with Crippen molar-refractivity contribution < 1.29 is 9.90 Å². The summed E-state index contributed by atoms with van der Waals surface area (Å²) in [4.78, 5) is 14.0. The number of amides is 1. The summed E-state index contributed by atoms with van der Waals surface area (Å²) in [6.07, 6.45) is 2.21. The maximum Gasteiger partial charge on any atom is 0.224 e. The van der Waals surface area contributed by atoms with E-state index in [1.54, 1.807) is 18.2 Å². The lowest BCUT2D eigenvalue weighted by molar-refractivity contribution is -0.116. The van der Waals surface area contributed by atoms with Crippen molar-refractivity contribution in [3.8, 4) is 0 Å². The molecule has 0 heterocycles. The van der Waals surface area contributed by atoms with Crippen LogP contribution in [0.3, 0.4) is 0 Å². The zero-order valence-corrected chi connectivity index (χ0v) is 13.2. The molecule has 0 radical (unpaired) electrons. The first kappa shape index (κ1) is 17.8. The third kappa shape index (κ3) is 6.80. The van der Waals surface area contributed by atoms with Crippen LogP contribution in [0.4, 0.5) is 11.4 Å². The molecule has 0 aliphatic heterocycles. The molecule has 0 saturated carbocycles. The highest BCUT2D eigenvalue weighted by atomic mass is 35.5. The summed E-state index contributed by atoms with van der Waals surface area (Å²) in [6, 6.07) is 5.01. The first-order valence-electron chi connectivity index (χ1n) is 7.25. The molecule has 0 fully saturated rings. The van der Waals surface area contributed by atoms with E-state index in [0.29, 0.717) is 29.4 Å². The minimum Gasteiger partial charge on any atom is -0.399 e. The Labute approximate surface area is 131 Å². The molecule has 1 amide bonds. The Bertz CT molecular complexity index is 449. The lowest BCUT2D eigenvalue weighted by Gasteiger charge is -2.20. The summed E-state index contributed by atoms with van der Waals surface area (Å²) in [7, 11) is 0. The number of aliphatic hydroxyl groups excluding tert-OH is 1. The van der Waals surface area contributed by atoms with Gasteiger partial charge in [-0.2, -0.15) is 0 Å². The van der Waals surface area contributed by atoms with Gasteiger partial charge in [0, 0.05) is 18.7 Å². The summed E-state index contributed by atoms with van der Waals surface area (Å²) < 4.78 is 0. The van der Waals surface area contributed by atoms with E-state index in [4.69, 9.17) is 22.4 Å². The maximum atomic E-state index is 11.9. The Morgan fingerprint density at radius 1 is 1.38 bits per heavy atom. The van der Waals surface area contributed by atoms with E-state index >= 15 is 0 Å². The van der Waals surface area contributed by atoms with Gasteiger partial charge in [0.1, 0.15) is 0 Å². The lowest BCUT2D eigenvalue weighted by atomic mass is 10.2. The fraction of sp³-hybridized carbons (Fsp3) is 0.533. The zero-order valence-electron chi connectivity index (χ0n) is 12.4. The molecule has 4 N–H and O–H groups in total. The normalized spacial score (nSPS) is 10.9. The average Bonchev–Trinajstić information content (AvgIpc) is 2.42. The van der Waals surface area contributed by atoms with E-state index < -0.39 is 0 Å². The van der Waals surface area contributed by atoms with Crippen LogP contribution in [0.15, 0.2) is 18.2 Å². The Hall–Kier alpha value is -1.30. The Morgan fingerprint density at radius 3 is 2.76 bits per heavy atom. The van der Waals surface area contributed by atoms with E-state index in [1.807, 2.05) is 0 Å². The Kier molecular flexibility index (Phi) is 8.12. The van der Waals surface area contributed by atoms with Gasteiger partial charge in [-0.25, -0.2) is 0 Å². The molecule has 1 aromatic carbocycles. The molecule has 0 spiro atoms. The number of hydrogen-bond donors (Lipinski definition) is 3. The molecule has 0 aliphatic carbocycles. The van der Waals surface area contributed by atoms with Crippen LogP contribution < -0.4 is 11.1 Å². The third-order valence-corrected chi connectivity index (χ3v) is 3.41. The molecule has 0 saturated heterocycles. The van der Waals surface area contributed by atoms with Gasteiger partial charge in [0.2, 0.25) is 5.91 Å². The molecular weight excluding hydrogens is 290 g/mol. The van der Waals surface area contributed by atoms with Gasteiger partial charge >= 0.3 is 0 Å². The quantitative estimate of drug-likeness (QED) is 0.611. The fourth-order valence-corrected chi connectivity index (χ4v) is 2.34. The minimum absolute atomic E-state index is 0.0675. The predicted octanol–water partition coefficient (Wildman–Crippen LogP) is 2.35. The SMILES string of the molecule is CCCN(CCO)CCCC(=O)Nc1ccc(N)cc1Cl. The first-order valence-corrected chi connectivity index (χ1v) is 7.62. The number of nitrogens with zero attached hydrogens (tertiary/aromatic N) is 1. The summed E-state index contributed by atoms with van der Waals surface area (Å²) in [5.41, 5.74) is 6.75. The molecular formula is C15H24ClN3O2. The second-order valence-electron chi connectivity index (χ2n) is 4.96.